The maximum absolute atomic E-state index is 12.7. The third-order valence-corrected chi connectivity index (χ3v) is 4.45. The Morgan fingerprint density at radius 3 is 2.11 bits per heavy atom. The molecule has 0 aliphatic heterocycles. The highest BCUT2D eigenvalue weighted by atomic mass is 19.4. The Labute approximate surface area is 161 Å². The molecule has 2 aromatic rings. The summed E-state index contributed by atoms with van der Waals surface area (Å²) in [4.78, 5) is 24.5. The van der Waals surface area contributed by atoms with Crippen LogP contribution in [0.25, 0.3) is 0 Å². The van der Waals surface area contributed by atoms with Gasteiger partial charge in [0.1, 0.15) is 0 Å². The molecule has 0 saturated heterocycles. The van der Waals surface area contributed by atoms with E-state index in [1.165, 1.54) is 12.1 Å². The number of alkyl halides is 3. The van der Waals surface area contributed by atoms with Crippen molar-refractivity contribution >= 4 is 23.2 Å². The van der Waals surface area contributed by atoms with Crippen LogP contribution in [0.2, 0.25) is 0 Å². The number of para-hydroxylation sites is 1. The van der Waals surface area contributed by atoms with Gasteiger partial charge >= 0.3 is 6.18 Å². The normalized spacial score (nSPS) is 11.6. The average molecular weight is 393 g/mol. The topological polar surface area (TPSA) is 70.2 Å². The Morgan fingerprint density at radius 2 is 1.54 bits per heavy atom. The fraction of sp³-hybridized carbons (Fsp3) is 0.300. The van der Waals surface area contributed by atoms with Crippen LogP contribution in [0.4, 0.5) is 24.5 Å². The summed E-state index contributed by atoms with van der Waals surface area (Å²) in [5.74, 6) is -0.869. The summed E-state index contributed by atoms with van der Waals surface area (Å²) in [7, 11) is 0. The van der Waals surface area contributed by atoms with Gasteiger partial charge < -0.3 is 5.32 Å². The SMILES string of the molecule is CCC(C)(C)C(=O)NNC(=O)c1ccccc1Nc1ccc(C(F)(F)F)cc1. The van der Waals surface area contributed by atoms with Gasteiger partial charge in [0.2, 0.25) is 5.91 Å². The number of carbonyl (C=O) groups is 2. The standard InChI is InChI=1S/C20H22F3N3O2/c1-4-19(2,3)18(28)26-25-17(27)15-7-5-6-8-16(15)24-14-11-9-13(10-12-14)20(21,22)23/h5-12,24H,4H2,1-3H3,(H,25,27)(H,26,28). The third-order valence-electron chi connectivity index (χ3n) is 4.45. The number of hydrazine groups is 1. The predicted molar refractivity (Wildman–Crippen MR) is 101 cm³/mol. The molecule has 0 bridgehead atoms. The molecular formula is C20H22F3N3O2. The molecule has 8 heteroatoms. The summed E-state index contributed by atoms with van der Waals surface area (Å²) >= 11 is 0. The number of nitrogens with one attached hydrogen (secondary N) is 3. The van der Waals surface area contributed by atoms with Crippen molar-refractivity contribution in [3.05, 3.63) is 59.7 Å². The largest absolute Gasteiger partial charge is 0.416 e. The second-order valence-electron chi connectivity index (χ2n) is 6.89. The number of anilines is 2. The molecule has 2 rings (SSSR count). The number of hydrogen-bond acceptors (Lipinski definition) is 3. The molecule has 0 aliphatic carbocycles. The highest BCUT2D eigenvalue weighted by molar-refractivity contribution is 6.01. The van der Waals surface area contributed by atoms with E-state index in [-0.39, 0.29) is 11.5 Å². The van der Waals surface area contributed by atoms with E-state index >= 15 is 0 Å². The van der Waals surface area contributed by atoms with Gasteiger partial charge in [-0.1, -0.05) is 32.9 Å². The molecule has 2 amide bonds. The maximum Gasteiger partial charge on any atom is 0.416 e. The minimum absolute atomic E-state index is 0.233. The van der Waals surface area contributed by atoms with Crippen molar-refractivity contribution in [3.63, 3.8) is 0 Å². The number of hydrogen-bond donors (Lipinski definition) is 3. The van der Waals surface area contributed by atoms with Crippen molar-refractivity contribution < 1.29 is 22.8 Å². The fourth-order valence-corrected chi connectivity index (χ4v) is 2.20. The lowest BCUT2D eigenvalue weighted by atomic mass is 9.90. The molecule has 0 atom stereocenters. The van der Waals surface area contributed by atoms with E-state index in [4.69, 9.17) is 0 Å². The highest BCUT2D eigenvalue weighted by Gasteiger charge is 2.30. The van der Waals surface area contributed by atoms with Crippen LogP contribution in [0.1, 0.15) is 43.1 Å². The molecule has 3 N–H and O–H groups in total. The lowest BCUT2D eigenvalue weighted by Gasteiger charge is -2.21. The van der Waals surface area contributed by atoms with Gasteiger partial charge in [-0.2, -0.15) is 13.2 Å². The first kappa shape index (κ1) is 21.3. The molecule has 5 nitrogen and oxygen atoms in total. The van der Waals surface area contributed by atoms with Gasteiger partial charge in [0.25, 0.3) is 5.91 Å². The van der Waals surface area contributed by atoms with E-state index in [9.17, 15) is 22.8 Å². The lowest BCUT2D eigenvalue weighted by molar-refractivity contribution is -0.137. The number of carbonyl (C=O) groups excluding carboxylic acids is 2. The number of amides is 2. The zero-order chi connectivity index (χ0) is 20.9. The summed E-state index contributed by atoms with van der Waals surface area (Å²) in [6, 6.07) is 11.0. The monoisotopic (exact) mass is 393 g/mol. The van der Waals surface area contributed by atoms with Gasteiger partial charge in [0.15, 0.2) is 0 Å². The Morgan fingerprint density at radius 1 is 0.929 bits per heavy atom. The molecule has 0 aromatic heterocycles. The van der Waals surface area contributed by atoms with Crippen LogP contribution in [0.15, 0.2) is 48.5 Å². The van der Waals surface area contributed by atoms with Crippen LogP contribution in [0, 0.1) is 5.41 Å². The van der Waals surface area contributed by atoms with Crippen LogP contribution >= 0.6 is 0 Å². The van der Waals surface area contributed by atoms with Gasteiger partial charge in [0, 0.05) is 11.1 Å². The summed E-state index contributed by atoms with van der Waals surface area (Å²) in [6.07, 6.45) is -3.82. The van der Waals surface area contributed by atoms with Gasteiger partial charge in [-0.15, -0.1) is 0 Å². The molecule has 150 valence electrons. The van der Waals surface area contributed by atoms with Gasteiger partial charge in [-0.05, 0) is 42.8 Å². The molecule has 0 aliphatic rings. The fourth-order valence-electron chi connectivity index (χ4n) is 2.20. The zero-order valence-electron chi connectivity index (χ0n) is 15.8. The Bertz CT molecular complexity index is 847. The van der Waals surface area contributed by atoms with E-state index in [1.54, 1.807) is 38.1 Å². The zero-order valence-corrected chi connectivity index (χ0v) is 15.8. The summed E-state index contributed by atoms with van der Waals surface area (Å²) < 4.78 is 38.0. The predicted octanol–water partition coefficient (Wildman–Crippen LogP) is 4.65. The summed E-state index contributed by atoms with van der Waals surface area (Å²) in [5.41, 5.74) is 4.39. The molecule has 0 saturated carbocycles. The van der Waals surface area contributed by atoms with E-state index < -0.39 is 23.1 Å². The molecule has 28 heavy (non-hydrogen) atoms. The van der Waals surface area contributed by atoms with Gasteiger partial charge in [0.05, 0.1) is 16.8 Å². The second kappa shape index (κ2) is 8.33. The molecule has 0 fully saturated rings. The molecule has 2 aromatic carbocycles. The average Bonchev–Trinajstić information content (AvgIpc) is 2.66. The van der Waals surface area contributed by atoms with Crippen molar-refractivity contribution in [2.75, 3.05) is 5.32 Å². The maximum atomic E-state index is 12.7. The van der Waals surface area contributed by atoms with Crippen molar-refractivity contribution in [2.24, 2.45) is 5.41 Å². The van der Waals surface area contributed by atoms with E-state index in [1.807, 2.05) is 6.92 Å². The molecule has 0 heterocycles. The summed E-state index contributed by atoms with van der Waals surface area (Å²) in [6.45, 7) is 5.38. The van der Waals surface area contributed by atoms with Gasteiger partial charge in [-0.25, -0.2) is 0 Å². The number of rotatable bonds is 5. The van der Waals surface area contributed by atoms with Crippen molar-refractivity contribution in [1.82, 2.24) is 10.9 Å². The summed E-state index contributed by atoms with van der Waals surface area (Å²) in [5, 5.41) is 2.92. The van der Waals surface area contributed by atoms with Crippen molar-refractivity contribution in [3.8, 4) is 0 Å². The quantitative estimate of drug-likeness (QED) is 0.648. The third kappa shape index (κ3) is 5.25. The highest BCUT2D eigenvalue weighted by Crippen LogP contribution is 2.30. The molecule has 0 radical (unpaired) electrons. The Balaban J connectivity index is 2.12. The first-order chi connectivity index (χ1) is 13.0. The smallest absolute Gasteiger partial charge is 0.355 e. The Hall–Kier alpha value is -3.03. The first-order valence-electron chi connectivity index (χ1n) is 8.68. The van der Waals surface area contributed by atoms with Crippen LogP contribution in [0.3, 0.4) is 0 Å². The minimum atomic E-state index is -4.42. The van der Waals surface area contributed by atoms with E-state index in [2.05, 4.69) is 16.2 Å². The lowest BCUT2D eigenvalue weighted by Crippen LogP contribution is -2.47. The number of halogens is 3. The van der Waals surface area contributed by atoms with Crippen LogP contribution in [-0.4, -0.2) is 11.8 Å². The van der Waals surface area contributed by atoms with Crippen molar-refractivity contribution in [2.45, 2.75) is 33.4 Å². The van der Waals surface area contributed by atoms with Gasteiger partial charge in [-0.3, -0.25) is 20.4 Å². The Kier molecular flexibility index (Phi) is 6.33. The molecule has 0 unspecified atom stereocenters. The van der Waals surface area contributed by atoms with Crippen LogP contribution in [-0.2, 0) is 11.0 Å². The molecule has 0 spiro atoms. The van der Waals surface area contributed by atoms with E-state index in [0.29, 0.717) is 17.8 Å². The van der Waals surface area contributed by atoms with Crippen LogP contribution < -0.4 is 16.2 Å². The minimum Gasteiger partial charge on any atom is -0.355 e. The molecular weight excluding hydrogens is 371 g/mol. The van der Waals surface area contributed by atoms with Crippen molar-refractivity contribution in [1.29, 1.82) is 0 Å². The number of benzene rings is 2. The van der Waals surface area contributed by atoms with E-state index in [0.717, 1.165) is 12.1 Å². The second-order valence-corrected chi connectivity index (χ2v) is 6.89. The van der Waals surface area contributed by atoms with Crippen LogP contribution in [0.5, 0.6) is 0 Å². The first-order valence-corrected chi connectivity index (χ1v) is 8.68.